The molecule has 26 heavy (non-hydrogen) atoms. The standard InChI is InChI=1S/C22H26O4/c1-2-15-25-16-5-3-4-6-17-26-21-13-11-19(12-14-21)18-7-9-20(10-8-18)22(23)24/h2,7-14H,1,3-6,15-17H2,(H,23,24). The molecule has 4 nitrogen and oxygen atoms in total. The Kier molecular flexibility index (Phi) is 8.43. The van der Waals surface area contributed by atoms with E-state index in [-0.39, 0.29) is 0 Å². The first kappa shape index (κ1) is 19.7. The summed E-state index contributed by atoms with van der Waals surface area (Å²) in [6, 6.07) is 14.7. The average Bonchev–Trinajstić information content (AvgIpc) is 2.67. The topological polar surface area (TPSA) is 55.8 Å². The molecule has 0 spiro atoms. The van der Waals surface area contributed by atoms with E-state index in [1.807, 2.05) is 36.4 Å². The van der Waals surface area contributed by atoms with Crippen molar-refractivity contribution in [3.63, 3.8) is 0 Å². The van der Waals surface area contributed by atoms with Gasteiger partial charge in [-0.05, 0) is 54.7 Å². The van der Waals surface area contributed by atoms with Gasteiger partial charge in [0.1, 0.15) is 5.75 Å². The summed E-state index contributed by atoms with van der Waals surface area (Å²) < 4.78 is 11.1. The molecule has 0 saturated heterocycles. The second-order valence-electron chi connectivity index (χ2n) is 6.03. The number of ether oxygens (including phenoxy) is 2. The fraction of sp³-hybridized carbons (Fsp3) is 0.318. The molecule has 2 rings (SSSR count). The Hall–Kier alpha value is -2.59. The molecule has 0 saturated carbocycles. The van der Waals surface area contributed by atoms with Crippen molar-refractivity contribution in [1.82, 2.24) is 0 Å². The van der Waals surface area contributed by atoms with Gasteiger partial charge in [0.2, 0.25) is 0 Å². The van der Waals surface area contributed by atoms with E-state index < -0.39 is 5.97 Å². The normalized spacial score (nSPS) is 10.5. The fourth-order valence-corrected chi connectivity index (χ4v) is 2.57. The van der Waals surface area contributed by atoms with E-state index in [1.54, 1.807) is 18.2 Å². The zero-order chi connectivity index (χ0) is 18.6. The Morgan fingerprint density at radius 2 is 1.46 bits per heavy atom. The molecular weight excluding hydrogens is 328 g/mol. The first-order chi connectivity index (χ1) is 12.7. The molecule has 0 aliphatic carbocycles. The molecule has 2 aromatic carbocycles. The van der Waals surface area contributed by atoms with Gasteiger partial charge in [-0.1, -0.05) is 36.8 Å². The van der Waals surface area contributed by atoms with E-state index in [1.165, 1.54) is 0 Å². The summed E-state index contributed by atoms with van der Waals surface area (Å²) in [6.45, 7) is 5.75. The number of rotatable bonds is 12. The van der Waals surface area contributed by atoms with Gasteiger partial charge < -0.3 is 14.6 Å². The molecule has 0 radical (unpaired) electrons. The Bertz CT molecular complexity index is 674. The lowest BCUT2D eigenvalue weighted by molar-refractivity contribution is 0.0697. The molecule has 4 heteroatoms. The summed E-state index contributed by atoms with van der Waals surface area (Å²) in [5.41, 5.74) is 2.31. The summed E-state index contributed by atoms with van der Waals surface area (Å²) in [6.07, 6.45) is 6.14. The Labute approximate surface area is 155 Å². The molecule has 138 valence electrons. The zero-order valence-corrected chi connectivity index (χ0v) is 15.0. The minimum Gasteiger partial charge on any atom is -0.494 e. The molecule has 0 unspecified atom stereocenters. The lowest BCUT2D eigenvalue weighted by Gasteiger charge is -2.08. The van der Waals surface area contributed by atoms with Crippen molar-refractivity contribution < 1.29 is 19.4 Å². The monoisotopic (exact) mass is 354 g/mol. The number of benzene rings is 2. The van der Waals surface area contributed by atoms with E-state index in [9.17, 15) is 4.79 Å². The molecule has 0 atom stereocenters. The Morgan fingerprint density at radius 1 is 0.885 bits per heavy atom. The summed E-state index contributed by atoms with van der Waals surface area (Å²) in [7, 11) is 0. The van der Waals surface area contributed by atoms with Crippen LogP contribution in [-0.4, -0.2) is 30.9 Å². The lowest BCUT2D eigenvalue weighted by Crippen LogP contribution is -1.98. The van der Waals surface area contributed by atoms with Gasteiger partial charge in [0.25, 0.3) is 0 Å². The predicted molar refractivity (Wildman–Crippen MR) is 104 cm³/mol. The molecule has 1 N–H and O–H groups in total. The van der Waals surface area contributed by atoms with Crippen LogP contribution in [0.2, 0.25) is 0 Å². The third-order valence-corrected chi connectivity index (χ3v) is 4.01. The van der Waals surface area contributed by atoms with Gasteiger partial charge in [-0.3, -0.25) is 0 Å². The highest BCUT2D eigenvalue weighted by Crippen LogP contribution is 2.23. The van der Waals surface area contributed by atoms with Crippen LogP contribution in [0.15, 0.2) is 61.2 Å². The summed E-state index contributed by atoms with van der Waals surface area (Å²) in [5, 5.41) is 8.94. The molecule has 2 aromatic rings. The van der Waals surface area contributed by atoms with Crippen molar-refractivity contribution in [3.05, 3.63) is 66.7 Å². The van der Waals surface area contributed by atoms with Gasteiger partial charge in [0.05, 0.1) is 18.8 Å². The summed E-state index contributed by atoms with van der Waals surface area (Å²) >= 11 is 0. The second-order valence-corrected chi connectivity index (χ2v) is 6.03. The zero-order valence-electron chi connectivity index (χ0n) is 15.0. The highest BCUT2D eigenvalue weighted by molar-refractivity contribution is 5.88. The van der Waals surface area contributed by atoms with Gasteiger partial charge in [0.15, 0.2) is 0 Å². The number of aromatic carboxylic acids is 1. The van der Waals surface area contributed by atoms with Gasteiger partial charge in [0, 0.05) is 6.61 Å². The Morgan fingerprint density at radius 3 is 2.04 bits per heavy atom. The van der Waals surface area contributed by atoms with Crippen LogP contribution in [0.1, 0.15) is 36.0 Å². The molecule has 0 heterocycles. The minimum atomic E-state index is -0.912. The van der Waals surface area contributed by atoms with Crippen molar-refractivity contribution in [3.8, 4) is 16.9 Å². The van der Waals surface area contributed by atoms with Crippen LogP contribution >= 0.6 is 0 Å². The maximum absolute atomic E-state index is 10.9. The molecule has 0 aliphatic rings. The average molecular weight is 354 g/mol. The van der Waals surface area contributed by atoms with Gasteiger partial charge in [-0.2, -0.15) is 0 Å². The Balaban J connectivity index is 1.69. The van der Waals surface area contributed by atoms with Crippen molar-refractivity contribution >= 4 is 5.97 Å². The number of unbranched alkanes of at least 4 members (excludes halogenated alkanes) is 3. The van der Waals surface area contributed by atoms with Gasteiger partial charge >= 0.3 is 5.97 Å². The van der Waals surface area contributed by atoms with Crippen molar-refractivity contribution in [1.29, 1.82) is 0 Å². The number of carbonyl (C=O) groups is 1. The summed E-state index contributed by atoms with van der Waals surface area (Å²) in [4.78, 5) is 10.9. The third-order valence-electron chi connectivity index (χ3n) is 4.01. The first-order valence-electron chi connectivity index (χ1n) is 8.96. The molecule has 0 amide bonds. The van der Waals surface area contributed by atoms with Crippen LogP contribution in [-0.2, 0) is 4.74 Å². The van der Waals surface area contributed by atoms with E-state index in [2.05, 4.69) is 6.58 Å². The largest absolute Gasteiger partial charge is 0.494 e. The van der Waals surface area contributed by atoms with E-state index >= 15 is 0 Å². The van der Waals surface area contributed by atoms with Crippen molar-refractivity contribution in [2.75, 3.05) is 19.8 Å². The maximum Gasteiger partial charge on any atom is 0.335 e. The summed E-state index contributed by atoms with van der Waals surface area (Å²) in [5.74, 6) is -0.0604. The quantitative estimate of drug-likeness (QED) is 0.421. The van der Waals surface area contributed by atoms with E-state index in [0.29, 0.717) is 18.8 Å². The molecular formula is C22H26O4. The van der Waals surface area contributed by atoms with Crippen molar-refractivity contribution in [2.45, 2.75) is 25.7 Å². The lowest BCUT2D eigenvalue weighted by atomic mass is 10.0. The molecule has 0 aromatic heterocycles. The first-order valence-corrected chi connectivity index (χ1v) is 8.96. The third kappa shape index (κ3) is 6.73. The molecule has 0 aliphatic heterocycles. The predicted octanol–water partition coefficient (Wildman–Crippen LogP) is 5.19. The number of hydrogen-bond acceptors (Lipinski definition) is 3. The van der Waals surface area contributed by atoms with Crippen LogP contribution in [0.3, 0.4) is 0 Å². The van der Waals surface area contributed by atoms with E-state index in [4.69, 9.17) is 14.6 Å². The number of hydrogen-bond donors (Lipinski definition) is 1. The second kappa shape index (κ2) is 11.1. The van der Waals surface area contributed by atoms with Gasteiger partial charge in [-0.15, -0.1) is 6.58 Å². The number of carboxylic acid groups (broad SMARTS) is 1. The highest BCUT2D eigenvalue weighted by atomic mass is 16.5. The van der Waals surface area contributed by atoms with Crippen LogP contribution < -0.4 is 4.74 Å². The molecule has 0 bridgehead atoms. The minimum absolute atomic E-state index is 0.293. The van der Waals surface area contributed by atoms with Crippen LogP contribution in [0.5, 0.6) is 5.75 Å². The molecule has 0 fully saturated rings. The fourth-order valence-electron chi connectivity index (χ4n) is 2.57. The van der Waals surface area contributed by atoms with Crippen molar-refractivity contribution in [2.24, 2.45) is 0 Å². The number of carboxylic acids is 1. The highest BCUT2D eigenvalue weighted by Gasteiger charge is 2.03. The van der Waals surface area contributed by atoms with E-state index in [0.717, 1.165) is 49.2 Å². The van der Waals surface area contributed by atoms with Crippen LogP contribution in [0.25, 0.3) is 11.1 Å². The SMILES string of the molecule is C=CCOCCCCCCOc1ccc(-c2ccc(C(=O)O)cc2)cc1. The van der Waals surface area contributed by atoms with Crippen LogP contribution in [0.4, 0.5) is 0 Å². The smallest absolute Gasteiger partial charge is 0.335 e. The van der Waals surface area contributed by atoms with Gasteiger partial charge in [-0.25, -0.2) is 4.79 Å². The maximum atomic E-state index is 10.9. The van der Waals surface area contributed by atoms with Crippen LogP contribution in [0, 0.1) is 0 Å².